The Morgan fingerprint density at radius 3 is 2.69 bits per heavy atom. The molecular weight excluding hydrogens is 417 g/mol. The van der Waals surface area contributed by atoms with Gasteiger partial charge in [-0.2, -0.15) is 13.2 Å². The maximum absolute atomic E-state index is 13.4. The topological polar surface area (TPSA) is 52.3 Å². The minimum absolute atomic E-state index is 0.188. The van der Waals surface area contributed by atoms with E-state index in [4.69, 9.17) is 9.73 Å². The van der Waals surface area contributed by atoms with Gasteiger partial charge in [-0.05, 0) is 56.0 Å². The van der Waals surface area contributed by atoms with Gasteiger partial charge in [-0.25, -0.2) is 4.98 Å². The maximum atomic E-state index is 13.4. The van der Waals surface area contributed by atoms with Crippen LogP contribution in [0.15, 0.2) is 41.5 Å². The van der Waals surface area contributed by atoms with Crippen molar-refractivity contribution >= 4 is 16.5 Å². The molecule has 4 rings (SSSR count). The third-order valence-corrected chi connectivity index (χ3v) is 5.98. The number of alkyl halides is 3. The van der Waals surface area contributed by atoms with Crippen LogP contribution in [-0.2, 0) is 18.0 Å². The Morgan fingerprint density at radius 1 is 1.22 bits per heavy atom. The summed E-state index contributed by atoms with van der Waals surface area (Å²) in [6.45, 7) is 6.35. The SMILES string of the molecule is Cc1c([C@@H](C)N=c2nc(C)n(C)c3cnc(C4=CCOCC4)cc23)cccc1C(F)(F)F. The molecule has 1 aliphatic rings. The second kappa shape index (κ2) is 8.50. The standard InChI is InChI=1S/C24H25F3N4O/c1-14-18(6-5-7-20(14)24(25,26)27)15(2)29-23-19-12-21(17-8-10-32-11-9-17)28-13-22(19)31(4)16(3)30-23/h5-8,12-13,15H,9-11H2,1-4H3/t15-/m1/s1. The van der Waals surface area contributed by atoms with Crippen molar-refractivity contribution < 1.29 is 17.9 Å². The van der Waals surface area contributed by atoms with E-state index in [1.807, 2.05) is 30.7 Å². The quantitative estimate of drug-likeness (QED) is 0.569. The van der Waals surface area contributed by atoms with Crippen LogP contribution in [0.25, 0.3) is 16.5 Å². The number of hydrogen-bond donors (Lipinski definition) is 0. The largest absolute Gasteiger partial charge is 0.416 e. The summed E-state index contributed by atoms with van der Waals surface area (Å²) in [6, 6.07) is 5.68. The van der Waals surface area contributed by atoms with E-state index >= 15 is 0 Å². The summed E-state index contributed by atoms with van der Waals surface area (Å²) in [5.41, 5.74) is 3.38. The van der Waals surface area contributed by atoms with Crippen LogP contribution in [0.2, 0.25) is 0 Å². The van der Waals surface area contributed by atoms with Crippen LogP contribution >= 0.6 is 0 Å². The van der Waals surface area contributed by atoms with Gasteiger partial charge in [-0.15, -0.1) is 0 Å². The fourth-order valence-corrected chi connectivity index (χ4v) is 4.06. The van der Waals surface area contributed by atoms with Crippen molar-refractivity contribution in [2.45, 2.75) is 39.4 Å². The van der Waals surface area contributed by atoms with Crippen molar-refractivity contribution in [3.63, 3.8) is 0 Å². The Hall–Kier alpha value is -3.00. The predicted molar refractivity (Wildman–Crippen MR) is 117 cm³/mol. The molecule has 1 atom stereocenters. The zero-order chi connectivity index (χ0) is 23.0. The van der Waals surface area contributed by atoms with Gasteiger partial charge in [0.1, 0.15) is 5.82 Å². The molecule has 32 heavy (non-hydrogen) atoms. The Kier molecular flexibility index (Phi) is 5.90. The van der Waals surface area contributed by atoms with Crippen LogP contribution in [0.5, 0.6) is 0 Å². The molecule has 0 aliphatic carbocycles. The van der Waals surface area contributed by atoms with E-state index in [0.717, 1.165) is 40.5 Å². The first-order chi connectivity index (χ1) is 15.2. The first-order valence-electron chi connectivity index (χ1n) is 10.5. The Balaban J connectivity index is 1.88. The molecule has 0 radical (unpaired) electrons. The van der Waals surface area contributed by atoms with Crippen LogP contribution in [0.3, 0.4) is 0 Å². The van der Waals surface area contributed by atoms with Gasteiger partial charge in [0.05, 0.1) is 42.2 Å². The highest BCUT2D eigenvalue weighted by molar-refractivity contribution is 5.81. The first kappa shape index (κ1) is 22.2. The van der Waals surface area contributed by atoms with Crippen molar-refractivity contribution in [2.75, 3.05) is 13.2 Å². The summed E-state index contributed by atoms with van der Waals surface area (Å²) < 4.78 is 47.5. The van der Waals surface area contributed by atoms with E-state index in [-0.39, 0.29) is 5.56 Å². The smallest absolute Gasteiger partial charge is 0.377 e. The highest BCUT2D eigenvalue weighted by Crippen LogP contribution is 2.35. The van der Waals surface area contributed by atoms with Gasteiger partial charge in [0, 0.05) is 12.4 Å². The van der Waals surface area contributed by atoms with Crippen molar-refractivity contribution in [2.24, 2.45) is 12.0 Å². The zero-order valence-electron chi connectivity index (χ0n) is 18.5. The summed E-state index contributed by atoms with van der Waals surface area (Å²) in [7, 11) is 1.91. The second-order valence-corrected chi connectivity index (χ2v) is 8.01. The van der Waals surface area contributed by atoms with Crippen LogP contribution in [-0.4, -0.2) is 27.7 Å². The monoisotopic (exact) mass is 442 g/mol. The highest BCUT2D eigenvalue weighted by atomic mass is 19.4. The molecule has 0 N–H and O–H groups in total. The van der Waals surface area contributed by atoms with E-state index in [1.165, 1.54) is 13.0 Å². The van der Waals surface area contributed by atoms with Crippen molar-refractivity contribution in [3.8, 4) is 0 Å². The molecule has 0 amide bonds. The number of hydrogen-bond acceptors (Lipinski definition) is 4. The minimum atomic E-state index is -4.40. The molecule has 0 spiro atoms. The molecule has 3 aromatic rings. The van der Waals surface area contributed by atoms with Crippen LogP contribution < -0.4 is 5.49 Å². The summed E-state index contributed by atoms with van der Waals surface area (Å²) in [6.07, 6.45) is 0.190. The minimum Gasteiger partial charge on any atom is -0.377 e. The number of aromatic nitrogens is 3. The van der Waals surface area contributed by atoms with E-state index in [2.05, 4.69) is 9.97 Å². The van der Waals surface area contributed by atoms with Gasteiger partial charge in [0.15, 0.2) is 5.49 Å². The van der Waals surface area contributed by atoms with Crippen molar-refractivity contribution in [1.29, 1.82) is 0 Å². The number of halogens is 3. The molecule has 1 aliphatic heterocycles. The van der Waals surface area contributed by atoms with E-state index in [0.29, 0.717) is 24.3 Å². The Labute approximate surface area is 184 Å². The van der Waals surface area contributed by atoms with Crippen molar-refractivity contribution in [1.82, 2.24) is 14.5 Å². The molecule has 168 valence electrons. The molecule has 0 bridgehead atoms. The van der Waals surface area contributed by atoms with Gasteiger partial charge < -0.3 is 9.30 Å². The van der Waals surface area contributed by atoms with Crippen LogP contribution in [0.1, 0.15) is 47.6 Å². The molecule has 0 saturated heterocycles. The number of fused-ring (bicyclic) bond motifs is 1. The summed E-state index contributed by atoms with van der Waals surface area (Å²) in [5.74, 6) is 0.740. The number of benzene rings is 1. The number of rotatable bonds is 3. The zero-order valence-corrected chi connectivity index (χ0v) is 18.5. The normalized spacial score (nSPS) is 16.3. The molecule has 0 fully saturated rings. The average molecular weight is 442 g/mol. The average Bonchev–Trinajstić information content (AvgIpc) is 2.77. The number of aryl methyl sites for hydroxylation is 2. The maximum Gasteiger partial charge on any atom is 0.416 e. The summed E-state index contributed by atoms with van der Waals surface area (Å²) >= 11 is 0. The Morgan fingerprint density at radius 2 is 2.00 bits per heavy atom. The van der Waals surface area contributed by atoms with Gasteiger partial charge in [-0.3, -0.25) is 9.98 Å². The number of pyridine rings is 1. The van der Waals surface area contributed by atoms with Crippen LogP contribution in [0.4, 0.5) is 13.2 Å². The van der Waals surface area contributed by atoms with E-state index in [1.54, 1.807) is 19.2 Å². The van der Waals surface area contributed by atoms with Gasteiger partial charge >= 0.3 is 6.18 Å². The lowest BCUT2D eigenvalue weighted by molar-refractivity contribution is -0.138. The fourth-order valence-electron chi connectivity index (χ4n) is 4.06. The van der Waals surface area contributed by atoms with E-state index in [9.17, 15) is 13.2 Å². The predicted octanol–water partition coefficient (Wildman–Crippen LogP) is 5.07. The fraction of sp³-hybridized carbons (Fsp3) is 0.375. The van der Waals surface area contributed by atoms with E-state index < -0.39 is 17.8 Å². The number of ether oxygens (including phenoxy) is 1. The van der Waals surface area contributed by atoms with Crippen LogP contribution in [0, 0.1) is 13.8 Å². The van der Waals surface area contributed by atoms with Crippen molar-refractivity contribution in [3.05, 3.63) is 70.2 Å². The lowest BCUT2D eigenvalue weighted by Crippen LogP contribution is -2.19. The second-order valence-electron chi connectivity index (χ2n) is 8.01. The molecular formula is C24H25F3N4O. The third-order valence-electron chi connectivity index (χ3n) is 5.98. The lowest BCUT2D eigenvalue weighted by atomic mass is 9.97. The number of nitrogens with zero attached hydrogens (tertiary/aromatic N) is 4. The first-order valence-corrected chi connectivity index (χ1v) is 10.5. The molecule has 0 unspecified atom stereocenters. The highest BCUT2D eigenvalue weighted by Gasteiger charge is 2.33. The van der Waals surface area contributed by atoms with Gasteiger partial charge in [0.2, 0.25) is 0 Å². The summed E-state index contributed by atoms with van der Waals surface area (Å²) in [5, 5.41) is 0.812. The molecule has 0 saturated carbocycles. The summed E-state index contributed by atoms with van der Waals surface area (Å²) in [4.78, 5) is 14.0. The molecule has 8 heteroatoms. The third kappa shape index (κ3) is 4.19. The van der Waals surface area contributed by atoms with Gasteiger partial charge in [-0.1, -0.05) is 18.2 Å². The molecule has 5 nitrogen and oxygen atoms in total. The Bertz CT molecular complexity index is 1270. The van der Waals surface area contributed by atoms with Gasteiger partial charge in [0.25, 0.3) is 0 Å². The molecule has 3 heterocycles. The molecule has 2 aromatic heterocycles. The molecule has 1 aromatic carbocycles. The lowest BCUT2D eigenvalue weighted by Gasteiger charge is -2.17.